The van der Waals surface area contributed by atoms with Gasteiger partial charge in [-0.25, -0.2) is 0 Å². The lowest BCUT2D eigenvalue weighted by Gasteiger charge is -2.16. The van der Waals surface area contributed by atoms with Crippen LogP contribution in [0.2, 0.25) is 5.02 Å². The average molecular weight is 263 g/mol. The normalized spacial score (nSPS) is 10.3. The van der Waals surface area contributed by atoms with Crippen molar-refractivity contribution in [3.05, 3.63) is 34.3 Å². The first-order valence-corrected chi connectivity index (χ1v) is 5.59. The third-order valence-corrected chi connectivity index (χ3v) is 2.84. The van der Waals surface area contributed by atoms with Gasteiger partial charge in [-0.2, -0.15) is 0 Å². The molecule has 1 aromatic carbocycles. The fraction of sp³-hybridized carbons (Fsp3) is 0.500. The van der Waals surface area contributed by atoms with E-state index >= 15 is 0 Å². The maximum absolute atomic E-state index is 6.07. The first-order chi connectivity index (χ1) is 7.13. The van der Waals surface area contributed by atoms with E-state index in [-0.39, 0.29) is 12.4 Å². The quantitative estimate of drug-likeness (QED) is 0.878. The molecule has 0 fully saturated rings. The van der Waals surface area contributed by atoms with Gasteiger partial charge in [0, 0.05) is 24.7 Å². The lowest BCUT2D eigenvalue weighted by Crippen LogP contribution is -2.26. The summed E-state index contributed by atoms with van der Waals surface area (Å²) in [4.78, 5) is 2.28. The molecule has 0 saturated heterocycles. The minimum atomic E-state index is 0. The van der Waals surface area contributed by atoms with Crippen molar-refractivity contribution < 1.29 is 0 Å². The molecular formula is C12H20Cl2N2. The van der Waals surface area contributed by atoms with E-state index in [1.54, 1.807) is 0 Å². The van der Waals surface area contributed by atoms with Crippen molar-refractivity contribution >= 4 is 24.0 Å². The Bertz CT molecular complexity index is 316. The van der Waals surface area contributed by atoms with E-state index in [1.165, 1.54) is 5.56 Å². The zero-order valence-electron chi connectivity index (χ0n) is 10.1. The molecule has 0 amide bonds. The summed E-state index contributed by atoms with van der Waals surface area (Å²) in [5.74, 6) is 0. The molecule has 0 aromatic heterocycles. The number of rotatable bonds is 5. The zero-order valence-corrected chi connectivity index (χ0v) is 11.7. The van der Waals surface area contributed by atoms with E-state index in [1.807, 2.05) is 20.0 Å². The van der Waals surface area contributed by atoms with Crippen LogP contribution in [0.4, 0.5) is 0 Å². The van der Waals surface area contributed by atoms with Gasteiger partial charge in [0.25, 0.3) is 0 Å². The first-order valence-electron chi connectivity index (χ1n) is 5.21. The van der Waals surface area contributed by atoms with E-state index in [9.17, 15) is 0 Å². The average Bonchev–Trinajstić information content (AvgIpc) is 2.20. The van der Waals surface area contributed by atoms with Crippen molar-refractivity contribution in [2.24, 2.45) is 0 Å². The number of benzene rings is 1. The molecule has 0 saturated carbocycles. The maximum Gasteiger partial charge on any atom is 0.0438 e. The maximum atomic E-state index is 6.07. The predicted octanol–water partition coefficient (Wildman–Crippen LogP) is 2.72. The molecule has 0 aliphatic carbocycles. The summed E-state index contributed by atoms with van der Waals surface area (Å²) in [5, 5.41) is 3.99. The predicted molar refractivity (Wildman–Crippen MR) is 73.7 cm³/mol. The molecule has 0 bridgehead atoms. The van der Waals surface area contributed by atoms with Gasteiger partial charge in [-0.3, -0.25) is 0 Å². The number of nitrogens with one attached hydrogen (secondary N) is 1. The van der Waals surface area contributed by atoms with Crippen LogP contribution in [-0.2, 0) is 6.54 Å². The van der Waals surface area contributed by atoms with Gasteiger partial charge >= 0.3 is 0 Å². The molecule has 0 radical (unpaired) electrons. The molecule has 1 N–H and O–H groups in total. The summed E-state index contributed by atoms with van der Waals surface area (Å²) < 4.78 is 0. The molecule has 2 nitrogen and oxygen atoms in total. The fourth-order valence-corrected chi connectivity index (χ4v) is 1.63. The van der Waals surface area contributed by atoms with Crippen molar-refractivity contribution in [1.82, 2.24) is 10.2 Å². The van der Waals surface area contributed by atoms with E-state index in [2.05, 4.69) is 29.4 Å². The summed E-state index contributed by atoms with van der Waals surface area (Å²) in [6.45, 7) is 5.02. The number of likely N-dealkylation sites (N-methyl/N-ethyl adjacent to an activating group) is 2. The van der Waals surface area contributed by atoms with Gasteiger partial charge in [0.2, 0.25) is 0 Å². The van der Waals surface area contributed by atoms with Crippen molar-refractivity contribution in [3.8, 4) is 0 Å². The Labute approximate surface area is 109 Å². The van der Waals surface area contributed by atoms with Crippen LogP contribution in [-0.4, -0.2) is 32.1 Å². The number of nitrogens with zero attached hydrogens (tertiary/aromatic N) is 1. The monoisotopic (exact) mass is 262 g/mol. The molecule has 0 aliphatic heterocycles. The Morgan fingerprint density at radius 1 is 1.38 bits per heavy atom. The van der Waals surface area contributed by atoms with Crippen LogP contribution >= 0.6 is 24.0 Å². The van der Waals surface area contributed by atoms with Gasteiger partial charge in [-0.1, -0.05) is 23.7 Å². The Balaban J connectivity index is 0.00000225. The molecule has 92 valence electrons. The number of hydrogen-bond acceptors (Lipinski definition) is 2. The van der Waals surface area contributed by atoms with E-state index in [4.69, 9.17) is 11.6 Å². The first kappa shape index (κ1) is 15.7. The molecular weight excluding hydrogens is 243 g/mol. The molecule has 0 spiro atoms. The van der Waals surface area contributed by atoms with Crippen LogP contribution < -0.4 is 5.32 Å². The van der Waals surface area contributed by atoms with Gasteiger partial charge < -0.3 is 10.2 Å². The van der Waals surface area contributed by atoms with Gasteiger partial charge in [-0.15, -0.1) is 12.4 Å². The molecule has 1 aromatic rings. The second-order valence-corrected chi connectivity index (χ2v) is 4.33. The van der Waals surface area contributed by atoms with E-state index in [0.29, 0.717) is 0 Å². The third-order valence-electron chi connectivity index (χ3n) is 2.43. The number of hydrogen-bond donors (Lipinski definition) is 1. The fourth-order valence-electron chi connectivity index (χ4n) is 1.43. The molecule has 0 atom stereocenters. The summed E-state index contributed by atoms with van der Waals surface area (Å²) in [7, 11) is 4.09. The number of aryl methyl sites for hydroxylation is 1. The molecule has 0 heterocycles. The Morgan fingerprint density at radius 3 is 2.62 bits per heavy atom. The molecule has 16 heavy (non-hydrogen) atoms. The lowest BCUT2D eigenvalue weighted by atomic mass is 10.1. The summed E-state index contributed by atoms with van der Waals surface area (Å²) in [5.41, 5.74) is 2.41. The van der Waals surface area contributed by atoms with Crippen LogP contribution in [0.1, 0.15) is 11.1 Å². The second-order valence-electron chi connectivity index (χ2n) is 3.92. The molecule has 4 heteroatoms. The molecule has 0 unspecified atom stereocenters. The van der Waals surface area contributed by atoms with E-state index < -0.39 is 0 Å². The lowest BCUT2D eigenvalue weighted by molar-refractivity contribution is 0.328. The SMILES string of the molecule is CNCCN(C)Cc1ccc(C)c(Cl)c1.Cl. The highest BCUT2D eigenvalue weighted by atomic mass is 35.5. The second kappa shape index (κ2) is 7.91. The highest BCUT2D eigenvalue weighted by molar-refractivity contribution is 6.31. The summed E-state index contributed by atoms with van der Waals surface area (Å²) in [6, 6.07) is 6.26. The zero-order chi connectivity index (χ0) is 11.3. The van der Waals surface area contributed by atoms with Gasteiger partial charge in [-0.05, 0) is 38.2 Å². The third kappa shape index (κ3) is 5.17. The summed E-state index contributed by atoms with van der Waals surface area (Å²) in [6.07, 6.45) is 0. The van der Waals surface area contributed by atoms with Crippen molar-refractivity contribution in [1.29, 1.82) is 0 Å². The largest absolute Gasteiger partial charge is 0.318 e. The van der Waals surface area contributed by atoms with Crippen LogP contribution in [0.3, 0.4) is 0 Å². The molecule has 0 aliphatic rings. The Hall–Kier alpha value is -0.280. The summed E-state index contributed by atoms with van der Waals surface area (Å²) >= 11 is 6.07. The van der Waals surface area contributed by atoms with Crippen LogP contribution in [0.15, 0.2) is 18.2 Å². The topological polar surface area (TPSA) is 15.3 Å². The minimum absolute atomic E-state index is 0. The van der Waals surface area contributed by atoms with Gasteiger partial charge in [0.1, 0.15) is 0 Å². The highest BCUT2D eigenvalue weighted by Crippen LogP contribution is 2.17. The van der Waals surface area contributed by atoms with Gasteiger partial charge in [0.15, 0.2) is 0 Å². The van der Waals surface area contributed by atoms with Crippen LogP contribution in [0.25, 0.3) is 0 Å². The number of halogens is 2. The minimum Gasteiger partial charge on any atom is -0.318 e. The standard InChI is InChI=1S/C12H19ClN2.ClH/c1-10-4-5-11(8-12(10)13)9-15(3)7-6-14-2;/h4-5,8,14H,6-7,9H2,1-3H3;1H. The smallest absolute Gasteiger partial charge is 0.0438 e. The van der Waals surface area contributed by atoms with Gasteiger partial charge in [0.05, 0.1) is 0 Å². The van der Waals surface area contributed by atoms with Crippen molar-refractivity contribution in [3.63, 3.8) is 0 Å². The van der Waals surface area contributed by atoms with Crippen molar-refractivity contribution in [2.45, 2.75) is 13.5 Å². The Kier molecular flexibility index (Phi) is 7.77. The molecule has 1 rings (SSSR count). The van der Waals surface area contributed by atoms with Crippen molar-refractivity contribution in [2.75, 3.05) is 27.2 Å². The highest BCUT2D eigenvalue weighted by Gasteiger charge is 2.01. The Morgan fingerprint density at radius 2 is 2.06 bits per heavy atom. The van der Waals surface area contributed by atoms with Crippen LogP contribution in [0, 0.1) is 6.92 Å². The van der Waals surface area contributed by atoms with Crippen LogP contribution in [0.5, 0.6) is 0 Å². The van der Waals surface area contributed by atoms with E-state index in [0.717, 1.165) is 30.2 Å².